The van der Waals surface area contributed by atoms with Crippen molar-refractivity contribution in [1.29, 1.82) is 0 Å². The fourth-order valence-electron chi connectivity index (χ4n) is 2.68. The Morgan fingerprint density at radius 2 is 1.61 bits per heavy atom. The van der Waals surface area contributed by atoms with Crippen molar-refractivity contribution < 1.29 is 19.1 Å². The number of ketones is 1. The number of rotatable bonds is 9. The molecule has 2 rings (SSSR count). The average molecular weight is 404 g/mol. The van der Waals surface area contributed by atoms with Crippen molar-refractivity contribution in [3.05, 3.63) is 52.5 Å². The second-order valence-electron chi connectivity index (χ2n) is 6.36. The molecule has 0 saturated heterocycles. The van der Waals surface area contributed by atoms with E-state index in [0.29, 0.717) is 39.9 Å². The molecule has 28 heavy (non-hydrogen) atoms. The highest BCUT2D eigenvalue weighted by Crippen LogP contribution is 2.37. The number of carbonyl (C=O) groups excluding carboxylic acids is 2. The molecule has 0 radical (unpaired) electrons. The third-order valence-corrected chi connectivity index (χ3v) is 4.69. The second kappa shape index (κ2) is 10.1. The first-order chi connectivity index (χ1) is 13.4. The van der Waals surface area contributed by atoms with E-state index in [4.69, 9.17) is 21.1 Å². The average Bonchev–Trinajstić information content (AvgIpc) is 2.69. The highest BCUT2D eigenvalue weighted by atomic mass is 35.5. The molecule has 0 aliphatic heterocycles. The molecule has 2 aromatic rings. The van der Waals surface area contributed by atoms with Crippen molar-refractivity contribution in [3.8, 4) is 11.5 Å². The zero-order valence-electron chi connectivity index (χ0n) is 16.7. The summed E-state index contributed by atoms with van der Waals surface area (Å²) in [5.74, 6) is 0.491. The van der Waals surface area contributed by atoms with Gasteiger partial charge in [-0.25, -0.2) is 0 Å². The van der Waals surface area contributed by atoms with Gasteiger partial charge in [0.1, 0.15) is 16.5 Å². The normalized spacial score (nSPS) is 10.6. The molecule has 150 valence electrons. The van der Waals surface area contributed by atoms with Crippen LogP contribution in [0.3, 0.4) is 0 Å². The zero-order chi connectivity index (χ0) is 20.7. The summed E-state index contributed by atoms with van der Waals surface area (Å²) in [6, 6.07) is 9.96. The molecule has 1 amide bonds. The van der Waals surface area contributed by atoms with Crippen LogP contribution in [0.1, 0.15) is 61.3 Å². The SMILES string of the molecule is CCOc1cc(C(=O)Nc2ccc(C(C)=O)cc2)cc(OC(CC)CC)c1Cl. The summed E-state index contributed by atoms with van der Waals surface area (Å²) in [4.78, 5) is 24.1. The van der Waals surface area contributed by atoms with Crippen LogP contribution in [0.15, 0.2) is 36.4 Å². The van der Waals surface area contributed by atoms with Crippen LogP contribution in [0, 0.1) is 0 Å². The van der Waals surface area contributed by atoms with Crippen molar-refractivity contribution in [1.82, 2.24) is 0 Å². The number of hydrogen-bond donors (Lipinski definition) is 1. The number of nitrogens with one attached hydrogen (secondary N) is 1. The summed E-state index contributed by atoms with van der Waals surface area (Å²) in [5.41, 5.74) is 1.55. The molecule has 0 atom stereocenters. The highest BCUT2D eigenvalue weighted by Gasteiger charge is 2.18. The Balaban J connectivity index is 2.30. The number of ether oxygens (including phenoxy) is 2. The first kappa shape index (κ1) is 21.8. The lowest BCUT2D eigenvalue weighted by molar-refractivity contribution is 0.101. The fourth-order valence-corrected chi connectivity index (χ4v) is 2.88. The van der Waals surface area contributed by atoms with Crippen molar-refractivity contribution in [2.45, 2.75) is 46.6 Å². The van der Waals surface area contributed by atoms with Gasteiger partial charge in [0.2, 0.25) is 0 Å². The van der Waals surface area contributed by atoms with Crippen LogP contribution >= 0.6 is 11.6 Å². The lowest BCUT2D eigenvalue weighted by Gasteiger charge is -2.19. The monoisotopic (exact) mass is 403 g/mol. The molecule has 6 heteroatoms. The maximum atomic E-state index is 12.7. The molecule has 0 bridgehead atoms. The van der Waals surface area contributed by atoms with Gasteiger partial charge in [-0.3, -0.25) is 9.59 Å². The molecular formula is C22H26ClNO4. The number of hydrogen-bond acceptors (Lipinski definition) is 4. The highest BCUT2D eigenvalue weighted by molar-refractivity contribution is 6.33. The largest absolute Gasteiger partial charge is 0.492 e. The fraction of sp³-hybridized carbons (Fsp3) is 0.364. The molecule has 0 aliphatic carbocycles. The molecule has 0 fully saturated rings. The third kappa shape index (κ3) is 5.49. The summed E-state index contributed by atoms with van der Waals surface area (Å²) in [6.07, 6.45) is 1.66. The zero-order valence-corrected chi connectivity index (χ0v) is 17.4. The van der Waals surface area contributed by atoms with Crippen LogP contribution < -0.4 is 14.8 Å². The van der Waals surface area contributed by atoms with E-state index in [2.05, 4.69) is 5.32 Å². The van der Waals surface area contributed by atoms with Gasteiger partial charge in [0, 0.05) is 16.8 Å². The second-order valence-corrected chi connectivity index (χ2v) is 6.74. The van der Waals surface area contributed by atoms with Crippen LogP contribution in [0.25, 0.3) is 0 Å². The van der Waals surface area contributed by atoms with Crippen molar-refractivity contribution in [2.75, 3.05) is 11.9 Å². The summed E-state index contributed by atoms with van der Waals surface area (Å²) >= 11 is 6.42. The summed E-state index contributed by atoms with van der Waals surface area (Å²) in [7, 11) is 0. The molecule has 5 nitrogen and oxygen atoms in total. The number of carbonyl (C=O) groups is 2. The van der Waals surface area contributed by atoms with Crippen molar-refractivity contribution >= 4 is 29.0 Å². The standard InChI is InChI=1S/C22H26ClNO4/c1-5-18(6-2)28-20-13-16(12-19(21(20)23)27-7-3)22(26)24-17-10-8-15(9-11-17)14(4)25/h8-13,18H,5-7H2,1-4H3,(H,24,26). The van der Waals surface area contributed by atoms with Gasteiger partial charge in [0.25, 0.3) is 5.91 Å². The van der Waals surface area contributed by atoms with Gasteiger partial charge >= 0.3 is 0 Å². The van der Waals surface area contributed by atoms with Gasteiger partial charge in [0.05, 0.1) is 12.7 Å². The number of halogens is 1. The molecule has 0 heterocycles. The lowest BCUT2D eigenvalue weighted by Crippen LogP contribution is -2.16. The van der Waals surface area contributed by atoms with E-state index in [-0.39, 0.29) is 17.8 Å². The number of Topliss-reactive ketones (excluding diaryl/α,β-unsaturated/α-hetero) is 1. The maximum absolute atomic E-state index is 12.7. The van der Waals surface area contributed by atoms with Crippen LogP contribution in [-0.4, -0.2) is 24.4 Å². The Hall–Kier alpha value is -2.53. The Kier molecular flexibility index (Phi) is 7.88. The summed E-state index contributed by atoms with van der Waals surface area (Å²) in [6.45, 7) is 7.83. The smallest absolute Gasteiger partial charge is 0.255 e. The Morgan fingerprint density at radius 1 is 1.00 bits per heavy atom. The van der Waals surface area contributed by atoms with E-state index >= 15 is 0 Å². The predicted octanol–water partition coefficient (Wildman–Crippen LogP) is 5.76. The molecule has 0 aromatic heterocycles. The van der Waals surface area contributed by atoms with E-state index in [0.717, 1.165) is 12.8 Å². The topological polar surface area (TPSA) is 64.6 Å². The van der Waals surface area contributed by atoms with Gasteiger partial charge in [-0.05, 0) is 63.1 Å². The van der Waals surface area contributed by atoms with Gasteiger partial charge in [-0.2, -0.15) is 0 Å². The predicted molar refractivity (Wildman–Crippen MR) is 112 cm³/mol. The van der Waals surface area contributed by atoms with Crippen LogP contribution in [-0.2, 0) is 0 Å². The van der Waals surface area contributed by atoms with Crippen LogP contribution in [0.5, 0.6) is 11.5 Å². The Labute approximate surface area is 171 Å². The van der Waals surface area contributed by atoms with Crippen molar-refractivity contribution in [3.63, 3.8) is 0 Å². The molecule has 0 saturated carbocycles. The van der Waals surface area contributed by atoms with Crippen molar-refractivity contribution in [2.24, 2.45) is 0 Å². The Morgan fingerprint density at radius 3 is 2.14 bits per heavy atom. The van der Waals surface area contributed by atoms with E-state index in [1.54, 1.807) is 36.4 Å². The molecule has 2 aromatic carbocycles. The van der Waals surface area contributed by atoms with E-state index < -0.39 is 0 Å². The Bertz CT molecular complexity index is 829. The summed E-state index contributed by atoms with van der Waals surface area (Å²) in [5, 5.41) is 3.17. The van der Waals surface area contributed by atoms with Crippen LogP contribution in [0.2, 0.25) is 5.02 Å². The lowest BCUT2D eigenvalue weighted by atomic mass is 10.1. The van der Waals surface area contributed by atoms with Crippen LogP contribution in [0.4, 0.5) is 5.69 Å². The minimum Gasteiger partial charge on any atom is -0.492 e. The third-order valence-electron chi connectivity index (χ3n) is 4.32. The van der Waals surface area contributed by atoms with Gasteiger partial charge < -0.3 is 14.8 Å². The minimum absolute atomic E-state index is 0.00409. The number of benzene rings is 2. The first-order valence-corrected chi connectivity index (χ1v) is 9.82. The molecule has 1 N–H and O–H groups in total. The number of anilines is 1. The maximum Gasteiger partial charge on any atom is 0.255 e. The minimum atomic E-state index is -0.317. The molecular weight excluding hydrogens is 378 g/mol. The van der Waals surface area contributed by atoms with E-state index in [1.165, 1.54) is 6.92 Å². The quantitative estimate of drug-likeness (QED) is 0.540. The molecule has 0 aliphatic rings. The van der Waals surface area contributed by atoms with Gasteiger partial charge in [0.15, 0.2) is 5.78 Å². The van der Waals surface area contributed by atoms with E-state index in [1.807, 2.05) is 20.8 Å². The van der Waals surface area contributed by atoms with Gasteiger partial charge in [-0.1, -0.05) is 25.4 Å². The summed E-state index contributed by atoms with van der Waals surface area (Å²) < 4.78 is 11.6. The molecule has 0 spiro atoms. The first-order valence-electron chi connectivity index (χ1n) is 9.44. The number of amides is 1. The van der Waals surface area contributed by atoms with Gasteiger partial charge in [-0.15, -0.1) is 0 Å². The molecule has 0 unspecified atom stereocenters. The van der Waals surface area contributed by atoms with E-state index in [9.17, 15) is 9.59 Å².